The molecule has 0 fully saturated rings. The summed E-state index contributed by atoms with van der Waals surface area (Å²) in [6.45, 7) is 6.82. The molecule has 1 aromatic rings. The topological polar surface area (TPSA) is 72.9 Å². The third-order valence-electron chi connectivity index (χ3n) is 3.55. The van der Waals surface area contributed by atoms with Crippen LogP contribution >= 0.6 is 0 Å². The Morgan fingerprint density at radius 2 is 2.22 bits per heavy atom. The molecule has 1 atom stereocenters. The number of carbonyl (C=O) groups excluding carboxylic acids is 1. The number of carbonyl (C=O) groups is 1. The van der Waals surface area contributed by atoms with Crippen LogP contribution in [-0.2, 0) is 24.8 Å². The molecule has 18 heavy (non-hydrogen) atoms. The van der Waals surface area contributed by atoms with Crippen LogP contribution in [0.3, 0.4) is 0 Å². The van der Waals surface area contributed by atoms with Crippen molar-refractivity contribution in [2.75, 3.05) is 6.54 Å². The molecule has 0 aliphatic rings. The van der Waals surface area contributed by atoms with Gasteiger partial charge in [-0.3, -0.25) is 9.48 Å². The molecule has 1 amide bonds. The number of aromatic nitrogens is 2. The van der Waals surface area contributed by atoms with Gasteiger partial charge < -0.3 is 11.1 Å². The molecule has 102 valence electrons. The highest BCUT2D eigenvalue weighted by atomic mass is 16.2. The first-order valence-electron chi connectivity index (χ1n) is 6.46. The van der Waals surface area contributed by atoms with Gasteiger partial charge >= 0.3 is 0 Å². The van der Waals surface area contributed by atoms with Crippen LogP contribution in [0.1, 0.15) is 38.4 Å². The summed E-state index contributed by atoms with van der Waals surface area (Å²) in [5.41, 5.74) is 7.30. The molecular formula is C13H24N4O. The Labute approximate surface area is 109 Å². The maximum Gasteiger partial charge on any atom is 0.227 e. The lowest BCUT2D eigenvalue weighted by molar-refractivity contribution is -0.130. The van der Waals surface area contributed by atoms with E-state index in [9.17, 15) is 4.79 Å². The first kappa shape index (κ1) is 14.7. The van der Waals surface area contributed by atoms with Gasteiger partial charge in [0.25, 0.3) is 0 Å². The van der Waals surface area contributed by atoms with Crippen molar-refractivity contribution in [2.24, 2.45) is 18.2 Å². The van der Waals surface area contributed by atoms with E-state index >= 15 is 0 Å². The van der Waals surface area contributed by atoms with Crippen molar-refractivity contribution < 1.29 is 4.79 Å². The molecule has 1 unspecified atom stereocenters. The molecule has 0 spiro atoms. The van der Waals surface area contributed by atoms with E-state index in [1.807, 2.05) is 27.1 Å². The lowest BCUT2D eigenvalue weighted by atomic mass is 9.86. The number of hydrogen-bond acceptors (Lipinski definition) is 3. The molecule has 0 aromatic carbocycles. The number of hydrogen-bond donors (Lipinski definition) is 2. The molecule has 0 aliphatic carbocycles. The smallest absolute Gasteiger partial charge is 0.227 e. The van der Waals surface area contributed by atoms with Crippen molar-refractivity contribution in [1.29, 1.82) is 0 Å². The van der Waals surface area contributed by atoms with E-state index in [0.717, 1.165) is 24.1 Å². The highest BCUT2D eigenvalue weighted by molar-refractivity contribution is 5.82. The standard InChI is InChI=1S/C13H24N4O/c1-5-11-10(8-17(4)16-11)7-15-12(18)13(3,6-2)9-14/h8H,5-7,9,14H2,1-4H3,(H,15,18). The van der Waals surface area contributed by atoms with E-state index in [0.29, 0.717) is 13.1 Å². The fraction of sp³-hybridized carbons (Fsp3) is 0.692. The van der Waals surface area contributed by atoms with Gasteiger partial charge in [0.2, 0.25) is 5.91 Å². The maximum absolute atomic E-state index is 12.1. The van der Waals surface area contributed by atoms with Gasteiger partial charge in [0.05, 0.1) is 11.1 Å². The van der Waals surface area contributed by atoms with Crippen molar-refractivity contribution in [3.05, 3.63) is 17.5 Å². The summed E-state index contributed by atoms with van der Waals surface area (Å²) in [6, 6.07) is 0. The Bertz CT molecular complexity index is 407. The summed E-state index contributed by atoms with van der Waals surface area (Å²) in [7, 11) is 1.89. The van der Waals surface area contributed by atoms with Gasteiger partial charge in [-0.1, -0.05) is 13.8 Å². The number of rotatable bonds is 6. The first-order valence-corrected chi connectivity index (χ1v) is 6.46. The van der Waals surface area contributed by atoms with E-state index in [-0.39, 0.29) is 5.91 Å². The fourth-order valence-corrected chi connectivity index (χ4v) is 1.82. The molecule has 3 N–H and O–H groups in total. The van der Waals surface area contributed by atoms with Crippen molar-refractivity contribution in [3.63, 3.8) is 0 Å². The predicted octanol–water partition coefficient (Wildman–Crippen LogP) is 0.974. The van der Waals surface area contributed by atoms with Crippen molar-refractivity contribution >= 4 is 5.91 Å². The molecule has 0 saturated carbocycles. The summed E-state index contributed by atoms with van der Waals surface area (Å²) in [4.78, 5) is 12.1. The van der Waals surface area contributed by atoms with Gasteiger partial charge in [0.15, 0.2) is 0 Å². The number of aryl methyl sites for hydroxylation is 2. The molecule has 0 radical (unpaired) electrons. The molecule has 1 aromatic heterocycles. The van der Waals surface area contributed by atoms with E-state index in [1.54, 1.807) is 4.68 Å². The predicted molar refractivity (Wildman–Crippen MR) is 71.9 cm³/mol. The van der Waals surface area contributed by atoms with Crippen molar-refractivity contribution in [2.45, 2.75) is 40.2 Å². The van der Waals surface area contributed by atoms with Crippen molar-refractivity contribution in [1.82, 2.24) is 15.1 Å². The SMILES string of the molecule is CCc1nn(C)cc1CNC(=O)C(C)(CC)CN. The van der Waals surface area contributed by atoms with E-state index in [2.05, 4.69) is 17.3 Å². The average molecular weight is 252 g/mol. The minimum Gasteiger partial charge on any atom is -0.351 e. The first-order chi connectivity index (χ1) is 8.46. The van der Waals surface area contributed by atoms with Crippen LogP contribution < -0.4 is 11.1 Å². The van der Waals surface area contributed by atoms with Crippen LogP contribution in [0.5, 0.6) is 0 Å². The minimum atomic E-state index is -0.478. The van der Waals surface area contributed by atoms with Crippen LogP contribution in [0.25, 0.3) is 0 Å². The van der Waals surface area contributed by atoms with Crippen LogP contribution in [-0.4, -0.2) is 22.2 Å². The largest absolute Gasteiger partial charge is 0.351 e. The Balaban J connectivity index is 2.67. The second kappa shape index (κ2) is 6.00. The van der Waals surface area contributed by atoms with Gasteiger partial charge in [0.1, 0.15) is 0 Å². The van der Waals surface area contributed by atoms with Crippen LogP contribution in [0.2, 0.25) is 0 Å². The van der Waals surface area contributed by atoms with Crippen LogP contribution in [0, 0.1) is 5.41 Å². The minimum absolute atomic E-state index is 0.0124. The quantitative estimate of drug-likeness (QED) is 0.792. The molecule has 5 heteroatoms. The van der Waals surface area contributed by atoms with Gasteiger partial charge in [0, 0.05) is 31.9 Å². The maximum atomic E-state index is 12.1. The van der Waals surface area contributed by atoms with E-state index in [1.165, 1.54) is 0 Å². The lowest BCUT2D eigenvalue weighted by Crippen LogP contribution is -2.43. The van der Waals surface area contributed by atoms with E-state index < -0.39 is 5.41 Å². The summed E-state index contributed by atoms with van der Waals surface area (Å²) >= 11 is 0. The van der Waals surface area contributed by atoms with Crippen molar-refractivity contribution in [3.8, 4) is 0 Å². The molecule has 5 nitrogen and oxygen atoms in total. The highest BCUT2D eigenvalue weighted by Crippen LogP contribution is 2.19. The van der Waals surface area contributed by atoms with Gasteiger partial charge in [-0.25, -0.2) is 0 Å². The molecule has 1 heterocycles. The van der Waals surface area contributed by atoms with Crippen LogP contribution in [0.4, 0.5) is 0 Å². The molecule has 0 saturated heterocycles. The number of nitrogens with zero attached hydrogens (tertiary/aromatic N) is 2. The zero-order valence-electron chi connectivity index (χ0n) is 11.8. The second-order valence-electron chi connectivity index (χ2n) is 4.93. The third-order valence-corrected chi connectivity index (χ3v) is 3.55. The fourth-order valence-electron chi connectivity index (χ4n) is 1.82. The molecular weight excluding hydrogens is 228 g/mol. The Hall–Kier alpha value is -1.36. The monoisotopic (exact) mass is 252 g/mol. The van der Waals surface area contributed by atoms with Gasteiger partial charge in [-0.15, -0.1) is 0 Å². The Kier molecular flexibility index (Phi) is 4.90. The van der Waals surface area contributed by atoms with Crippen LogP contribution in [0.15, 0.2) is 6.20 Å². The molecule has 1 rings (SSSR count). The van der Waals surface area contributed by atoms with E-state index in [4.69, 9.17) is 5.73 Å². The molecule has 0 aliphatic heterocycles. The number of amides is 1. The summed E-state index contributed by atoms with van der Waals surface area (Å²) in [6.07, 6.45) is 3.56. The Morgan fingerprint density at radius 1 is 1.56 bits per heavy atom. The molecule has 0 bridgehead atoms. The normalized spacial score (nSPS) is 14.3. The third kappa shape index (κ3) is 3.10. The number of nitrogens with two attached hydrogens (primary N) is 1. The van der Waals surface area contributed by atoms with Gasteiger partial charge in [-0.2, -0.15) is 5.10 Å². The van der Waals surface area contributed by atoms with Gasteiger partial charge in [-0.05, 0) is 19.8 Å². The Morgan fingerprint density at radius 3 is 2.72 bits per heavy atom. The number of nitrogens with one attached hydrogen (secondary N) is 1. The average Bonchev–Trinajstić information content (AvgIpc) is 2.75. The lowest BCUT2D eigenvalue weighted by Gasteiger charge is -2.24. The highest BCUT2D eigenvalue weighted by Gasteiger charge is 2.29. The zero-order valence-corrected chi connectivity index (χ0v) is 11.8. The second-order valence-corrected chi connectivity index (χ2v) is 4.93. The summed E-state index contributed by atoms with van der Waals surface area (Å²) < 4.78 is 1.78. The summed E-state index contributed by atoms with van der Waals surface area (Å²) in [5, 5.41) is 7.31. The summed E-state index contributed by atoms with van der Waals surface area (Å²) in [5.74, 6) is 0.0124. The zero-order chi connectivity index (χ0) is 13.8.